The molecule has 2 heterocycles. The van der Waals surface area contributed by atoms with Crippen LogP contribution in [0.3, 0.4) is 0 Å². The molecule has 5 heteroatoms. The van der Waals surface area contributed by atoms with E-state index in [1.807, 2.05) is 23.1 Å². The summed E-state index contributed by atoms with van der Waals surface area (Å²) in [6.45, 7) is 6.38. The van der Waals surface area contributed by atoms with Crippen molar-refractivity contribution in [2.24, 2.45) is 0 Å². The summed E-state index contributed by atoms with van der Waals surface area (Å²) in [7, 11) is 0. The van der Waals surface area contributed by atoms with Gasteiger partial charge in [0.1, 0.15) is 5.82 Å². The zero-order valence-electron chi connectivity index (χ0n) is 11.4. The Labute approximate surface area is 112 Å². The molecule has 0 unspecified atom stereocenters. The number of rotatable bonds is 5. The highest BCUT2D eigenvalue weighted by atomic mass is 16.1. The minimum Gasteiger partial charge on any atom is -0.366 e. The Hall–Kier alpha value is -2.17. The van der Waals surface area contributed by atoms with Gasteiger partial charge in [-0.05, 0) is 32.9 Å². The van der Waals surface area contributed by atoms with Crippen molar-refractivity contribution in [1.29, 1.82) is 0 Å². The van der Waals surface area contributed by atoms with E-state index in [0.29, 0.717) is 18.2 Å². The molecule has 19 heavy (non-hydrogen) atoms. The Bertz CT molecular complexity index is 557. The van der Waals surface area contributed by atoms with Crippen LogP contribution in [-0.2, 0) is 6.54 Å². The van der Waals surface area contributed by atoms with Gasteiger partial charge in [0, 0.05) is 36.1 Å². The molecule has 0 atom stereocenters. The molecule has 0 aliphatic rings. The van der Waals surface area contributed by atoms with E-state index in [-0.39, 0.29) is 5.78 Å². The van der Waals surface area contributed by atoms with Crippen molar-refractivity contribution in [1.82, 2.24) is 14.8 Å². The molecule has 0 fully saturated rings. The molecule has 2 rings (SSSR count). The Morgan fingerprint density at radius 3 is 2.68 bits per heavy atom. The standard InChI is InChI=1S/C14H18N4O/c1-10(2)18-9-12(7-17-18)6-15-14-5-4-13(8-16-14)11(3)19/h4-5,7-10H,6H2,1-3H3,(H,15,16). The molecule has 0 aliphatic carbocycles. The number of nitrogens with one attached hydrogen (secondary N) is 1. The molecule has 0 aliphatic heterocycles. The van der Waals surface area contributed by atoms with Crippen LogP contribution in [0.15, 0.2) is 30.7 Å². The number of carbonyl (C=O) groups excluding carboxylic acids is 1. The lowest BCUT2D eigenvalue weighted by Gasteiger charge is -2.05. The number of Topliss-reactive ketones (excluding diaryl/α,β-unsaturated/α-hetero) is 1. The van der Waals surface area contributed by atoms with Crippen molar-refractivity contribution in [2.45, 2.75) is 33.4 Å². The van der Waals surface area contributed by atoms with Crippen molar-refractivity contribution in [3.63, 3.8) is 0 Å². The topological polar surface area (TPSA) is 59.8 Å². The number of hydrogen-bond donors (Lipinski definition) is 1. The third-order valence-electron chi connectivity index (χ3n) is 2.83. The quantitative estimate of drug-likeness (QED) is 0.838. The minimum atomic E-state index is 0.0252. The van der Waals surface area contributed by atoms with Gasteiger partial charge in [-0.3, -0.25) is 9.48 Å². The van der Waals surface area contributed by atoms with E-state index in [1.54, 1.807) is 12.3 Å². The lowest BCUT2D eigenvalue weighted by Crippen LogP contribution is -2.02. The number of aromatic nitrogens is 3. The molecule has 5 nitrogen and oxygen atoms in total. The molecule has 100 valence electrons. The first-order chi connectivity index (χ1) is 9.06. The molecule has 0 bridgehead atoms. The van der Waals surface area contributed by atoms with Gasteiger partial charge in [-0.25, -0.2) is 4.98 Å². The maximum atomic E-state index is 11.1. The lowest BCUT2D eigenvalue weighted by molar-refractivity contribution is 0.101. The van der Waals surface area contributed by atoms with E-state index >= 15 is 0 Å². The van der Waals surface area contributed by atoms with Crippen LogP contribution in [-0.4, -0.2) is 20.5 Å². The van der Waals surface area contributed by atoms with Gasteiger partial charge in [0.05, 0.1) is 6.20 Å². The summed E-state index contributed by atoms with van der Waals surface area (Å²) in [4.78, 5) is 15.3. The summed E-state index contributed by atoms with van der Waals surface area (Å²) in [5, 5.41) is 7.48. The first-order valence-electron chi connectivity index (χ1n) is 6.30. The van der Waals surface area contributed by atoms with E-state index in [1.165, 1.54) is 6.92 Å². The summed E-state index contributed by atoms with van der Waals surface area (Å²) in [6, 6.07) is 3.94. The number of nitrogens with zero attached hydrogens (tertiary/aromatic N) is 3. The number of hydrogen-bond acceptors (Lipinski definition) is 4. The third-order valence-corrected chi connectivity index (χ3v) is 2.83. The van der Waals surface area contributed by atoms with Gasteiger partial charge < -0.3 is 5.32 Å². The largest absolute Gasteiger partial charge is 0.366 e. The van der Waals surface area contributed by atoms with Crippen LogP contribution in [0, 0.1) is 0 Å². The van der Waals surface area contributed by atoms with E-state index in [2.05, 4.69) is 29.2 Å². The fraction of sp³-hybridized carbons (Fsp3) is 0.357. The second-order valence-corrected chi connectivity index (χ2v) is 4.76. The average molecular weight is 258 g/mol. The smallest absolute Gasteiger partial charge is 0.161 e. The Balaban J connectivity index is 1.96. The van der Waals surface area contributed by atoms with Crippen molar-refractivity contribution in [3.05, 3.63) is 41.9 Å². The number of ketones is 1. The van der Waals surface area contributed by atoms with Crippen LogP contribution in [0.1, 0.15) is 42.7 Å². The molecule has 0 aromatic carbocycles. The fourth-order valence-corrected chi connectivity index (χ4v) is 1.65. The average Bonchev–Trinajstić information content (AvgIpc) is 2.86. The molecule has 0 saturated carbocycles. The molecular weight excluding hydrogens is 240 g/mol. The lowest BCUT2D eigenvalue weighted by atomic mass is 10.2. The SMILES string of the molecule is CC(=O)c1ccc(NCc2cnn(C(C)C)c2)nc1. The van der Waals surface area contributed by atoms with Crippen LogP contribution in [0.2, 0.25) is 0 Å². The zero-order chi connectivity index (χ0) is 13.8. The monoisotopic (exact) mass is 258 g/mol. The first kappa shape index (κ1) is 13.3. The Morgan fingerprint density at radius 2 is 2.16 bits per heavy atom. The van der Waals surface area contributed by atoms with Crippen LogP contribution in [0.5, 0.6) is 0 Å². The summed E-state index contributed by atoms with van der Waals surface area (Å²) in [5.74, 6) is 0.777. The van der Waals surface area contributed by atoms with E-state index < -0.39 is 0 Å². The second kappa shape index (κ2) is 5.65. The van der Waals surface area contributed by atoms with E-state index in [0.717, 1.165) is 11.4 Å². The van der Waals surface area contributed by atoms with Gasteiger partial charge in [-0.2, -0.15) is 5.10 Å². The van der Waals surface area contributed by atoms with Gasteiger partial charge in [0.15, 0.2) is 5.78 Å². The van der Waals surface area contributed by atoms with E-state index in [9.17, 15) is 4.79 Å². The summed E-state index contributed by atoms with van der Waals surface area (Å²) < 4.78 is 1.92. The van der Waals surface area contributed by atoms with Crippen molar-refractivity contribution in [3.8, 4) is 0 Å². The minimum absolute atomic E-state index is 0.0252. The fourth-order valence-electron chi connectivity index (χ4n) is 1.65. The summed E-state index contributed by atoms with van der Waals surface area (Å²) >= 11 is 0. The van der Waals surface area contributed by atoms with Gasteiger partial charge in [0.2, 0.25) is 0 Å². The van der Waals surface area contributed by atoms with Crippen LogP contribution < -0.4 is 5.32 Å². The van der Waals surface area contributed by atoms with Crippen molar-refractivity contribution >= 4 is 11.6 Å². The highest BCUT2D eigenvalue weighted by Gasteiger charge is 2.03. The highest BCUT2D eigenvalue weighted by molar-refractivity contribution is 5.93. The number of carbonyl (C=O) groups is 1. The maximum Gasteiger partial charge on any atom is 0.161 e. The van der Waals surface area contributed by atoms with Crippen molar-refractivity contribution in [2.75, 3.05) is 5.32 Å². The van der Waals surface area contributed by atoms with Gasteiger partial charge >= 0.3 is 0 Å². The number of anilines is 1. The summed E-state index contributed by atoms with van der Waals surface area (Å²) in [6.07, 6.45) is 5.45. The highest BCUT2D eigenvalue weighted by Crippen LogP contribution is 2.09. The molecule has 0 saturated heterocycles. The van der Waals surface area contributed by atoms with Crippen LogP contribution in [0.25, 0.3) is 0 Å². The van der Waals surface area contributed by atoms with Gasteiger partial charge in [-0.1, -0.05) is 0 Å². The molecule has 2 aromatic heterocycles. The molecule has 0 radical (unpaired) electrons. The normalized spacial score (nSPS) is 10.7. The maximum absolute atomic E-state index is 11.1. The van der Waals surface area contributed by atoms with Crippen molar-refractivity contribution < 1.29 is 4.79 Å². The third kappa shape index (κ3) is 3.40. The molecular formula is C14H18N4O. The second-order valence-electron chi connectivity index (χ2n) is 4.76. The first-order valence-corrected chi connectivity index (χ1v) is 6.30. The Kier molecular flexibility index (Phi) is 3.94. The molecule has 0 spiro atoms. The predicted molar refractivity (Wildman–Crippen MR) is 74.2 cm³/mol. The van der Waals surface area contributed by atoms with Crippen LogP contribution in [0.4, 0.5) is 5.82 Å². The molecule has 0 amide bonds. The summed E-state index contributed by atoms with van der Waals surface area (Å²) in [5.41, 5.74) is 1.73. The van der Waals surface area contributed by atoms with Gasteiger partial charge in [0.25, 0.3) is 0 Å². The molecule has 2 aromatic rings. The number of pyridine rings is 1. The van der Waals surface area contributed by atoms with Crippen LogP contribution >= 0.6 is 0 Å². The zero-order valence-corrected chi connectivity index (χ0v) is 11.4. The Morgan fingerprint density at radius 1 is 1.37 bits per heavy atom. The predicted octanol–water partition coefficient (Wildman–Crippen LogP) is 2.67. The van der Waals surface area contributed by atoms with Gasteiger partial charge in [-0.15, -0.1) is 0 Å². The van der Waals surface area contributed by atoms with E-state index in [4.69, 9.17) is 0 Å². The molecule has 1 N–H and O–H groups in total.